The van der Waals surface area contributed by atoms with Gasteiger partial charge in [-0.1, -0.05) is 54.5 Å². The molecule has 0 spiro atoms. The molecule has 0 bridgehead atoms. The van der Waals surface area contributed by atoms with Crippen molar-refractivity contribution in [3.63, 3.8) is 0 Å². The second kappa shape index (κ2) is 8.10. The lowest BCUT2D eigenvalue weighted by Crippen LogP contribution is -2.00. The average Bonchev–Trinajstić information content (AvgIpc) is 2.49. The first-order chi connectivity index (χ1) is 11.4. The highest BCUT2D eigenvalue weighted by Crippen LogP contribution is 2.22. The van der Waals surface area contributed by atoms with E-state index in [1.54, 1.807) is 0 Å². The molecule has 0 N–H and O–H groups in total. The molecule has 0 atom stereocenters. The van der Waals surface area contributed by atoms with Gasteiger partial charge in [0, 0.05) is 12.0 Å². The molecule has 0 aliphatic heterocycles. The number of Topliss-reactive ketones (excluding diaryl/α,β-unsaturated/α-hetero) is 1. The molecule has 0 saturated carbocycles. The summed E-state index contributed by atoms with van der Waals surface area (Å²) in [5, 5.41) is 0. The van der Waals surface area contributed by atoms with Crippen molar-refractivity contribution in [3.8, 4) is 0 Å². The number of carbonyl (C=O) groups excluding carboxylic acids is 1. The van der Waals surface area contributed by atoms with E-state index < -0.39 is 0 Å². The predicted molar refractivity (Wildman–Crippen MR) is 104 cm³/mol. The molecule has 1 aliphatic carbocycles. The van der Waals surface area contributed by atoms with Crippen LogP contribution in [0.4, 0.5) is 0 Å². The number of hydrogen-bond acceptors (Lipinski definition) is 1. The highest BCUT2D eigenvalue weighted by Gasteiger charge is 2.08. The van der Waals surface area contributed by atoms with Crippen LogP contribution < -0.4 is 0 Å². The fourth-order valence-corrected chi connectivity index (χ4v) is 3.20. The summed E-state index contributed by atoms with van der Waals surface area (Å²) in [7, 11) is 0. The molecule has 0 saturated heterocycles. The van der Waals surface area contributed by atoms with Crippen molar-refractivity contribution >= 4 is 11.9 Å². The molecular formula is C23H28O. The molecule has 24 heavy (non-hydrogen) atoms. The summed E-state index contributed by atoms with van der Waals surface area (Å²) in [6.07, 6.45) is 13.2. The van der Waals surface area contributed by atoms with Crippen LogP contribution >= 0.6 is 0 Å². The number of aryl methyl sites for hydroxylation is 3. The summed E-state index contributed by atoms with van der Waals surface area (Å²) < 4.78 is 0. The molecular weight excluding hydrogens is 292 g/mol. The Morgan fingerprint density at radius 1 is 1.04 bits per heavy atom. The van der Waals surface area contributed by atoms with E-state index in [1.165, 1.54) is 27.8 Å². The minimum Gasteiger partial charge on any atom is -0.294 e. The summed E-state index contributed by atoms with van der Waals surface area (Å²) in [6.45, 7) is 10.5. The zero-order valence-corrected chi connectivity index (χ0v) is 15.6. The van der Waals surface area contributed by atoms with Gasteiger partial charge in [0.15, 0.2) is 5.78 Å². The molecule has 1 aromatic rings. The Morgan fingerprint density at radius 2 is 1.71 bits per heavy atom. The van der Waals surface area contributed by atoms with Crippen LogP contribution in [-0.2, 0) is 4.79 Å². The van der Waals surface area contributed by atoms with Crippen molar-refractivity contribution in [1.29, 1.82) is 0 Å². The van der Waals surface area contributed by atoms with Crippen LogP contribution in [0, 0.1) is 20.8 Å². The SMILES string of the molecule is CCC(=O)/C1=C/C(/C=C/c2c(C)cc(C)cc2C)=C\CCC(C)=C1. The molecule has 0 unspecified atom stereocenters. The molecule has 1 aliphatic rings. The van der Waals surface area contributed by atoms with E-state index in [9.17, 15) is 4.79 Å². The average molecular weight is 320 g/mol. The zero-order chi connectivity index (χ0) is 17.7. The molecule has 0 amide bonds. The van der Waals surface area contributed by atoms with Crippen molar-refractivity contribution in [1.82, 2.24) is 0 Å². The van der Waals surface area contributed by atoms with E-state index in [1.807, 2.05) is 13.0 Å². The van der Waals surface area contributed by atoms with Crippen molar-refractivity contribution in [2.45, 2.75) is 53.9 Å². The van der Waals surface area contributed by atoms with Gasteiger partial charge in [0.05, 0.1) is 0 Å². The van der Waals surface area contributed by atoms with Gasteiger partial charge >= 0.3 is 0 Å². The Kier molecular flexibility index (Phi) is 6.14. The van der Waals surface area contributed by atoms with E-state index in [0.717, 1.165) is 24.0 Å². The fraction of sp³-hybridized carbons (Fsp3) is 0.348. The summed E-state index contributed by atoms with van der Waals surface area (Å²) in [5.74, 6) is 0.207. The van der Waals surface area contributed by atoms with Gasteiger partial charge in [-0.25, -0.2) is 0 Å². The second-order valence-electron chi connectivity index (χ2n) is 6.76. The lowest BCUT2D eigenvalue weighted by molar-refractivity contribution is -0.115. The van der Waals surface area contributed by atoms with Gasteiger partial charge in [-0.3, -0.25) is 4.79 Å². The smallest absolute Gasteiger partial charge is 0.162 e. The third kappa shape index (κ3) is 4.67. The molecule has 1 aromatic carbocycles. The minimum absolute atomic E-state index is 0.207. The maximum absolute atomic E-state index is 12.2. The quantitative estimate of drug-likeness (QED) is 0.645. The Morgan fingerprint density at radius 3 is 2.33 bits per heavy atom. The Balaban J connectivity index is 2.37. The van der Waals surface area contributed by atoms with Crippen LogP contribution in [0.15, 0.2) is 53.2 Å². The topological polar surface area (TPSA) is 17.1 Å². The zero-order valence-electron chi connectivity index (χ0n) is 15.6. The number of carbonyl (C=O) groups is 1. The highest BCUT2D eigenvalue weighted by atomic mass is 16.1. The first-order valence-electron chi connectivity index (χ1n) is 8.79. The molecule has 0 fully saturated rings. The van der Waals surface area contributed by atoms with E-state index >= 15 is 0 Å². The van der Waals surface area contributed by atoms with Gasteiger partial charge < -0.3 is 0 Å². The van der Waals surface area contributed by atoms with Crippen molar-refractivity contribution in [2.24, 2.45) is 0 Å². The largest absolute Gasteiger partial charge is 0.294 e. The summed E-state index contributed by atoms with van der Waals surface area (Å²) in [5.41, 5.74) is 8.36. The molecule has 1 nitrogen and oxygen atoms in total. The maximum atomic E-state index is 12.2. The standard InChI is InChI=1S/C23H28O/c1-6-23(24)21-14-16(2)8-7-9-20(15-21)10-11-22-18(4)12-17(3)13-19(22)5/h9-15H,6-8H2,1-5H3/b11-10+,16-14?,20-9-,21-15+. The third-order valence-corrected chi connectivity index (χ3v) is 4.47. The molecule has 126 valence electrons. The van der Waals surface area contributed by atoms with Gasteiger partial charge in [-0.05, 0) is 68.9 Å². The summed E-state index contributed by atoms with van der Waals surface area (Å²) in [4.78, 5) is 12.2. The van der Waals surface area contributed by atoms with E-state index in [2.05, 4.69) is 64.1 Å². The van der Waals surface area contributed by atoms with Crippen LogP contribution in [-0.4, -0.2) is 5.78 Å². The number of ketones is 1. The summed E-state index contributed by atoms with van der Waals surface area (Å²) in [6, 6.07) is 4.43. The monoisotopic (exact) mass is 320 g/mol. The van der Waals surface area contributed by atoms with Crippen LogP contribution in [0.25, 0.3) is 6.08 Å². The first kappa shape index (κ1) is 18.2. The Bertz CT molecular complexity index is 731. The molecule has 0 heterocycles. The Hall–Kier alpha value is -2.15. The molecule has 2 rings (SSSR count). The second-order valence-corrected chi connectivity index (χ2v) is 6.76. The van der Waals surface area contributed by atoms with Crippen LogP contribution in [0.2, 0.25) is 0 Å². The predicted octanol–water partition coefficient (Wildman–Crippen LogP) is 6.20. The first-order valence-corrected chi connectivity index (χ1v) is 8.79. The van der Waals surface area contributed by atoms with Crippen LogP contribution in [0.1, 0.15) is 55.4 Å². The lowest BCUT2D eigenvalue weighted by atomic mass is 9.95. The van der Waals surface area contributed by atoms with Gasteiger partial charge in [-0.15, -0.1) is 0 Å². The third-order valence-electron chi connectivity index (χ3n) is 4.47. The number of allylic oxidation sites excluding steroid dienone is 7. The number of rotatable bonds is 4. The van der Waals surface area contributed by atoms with Crippen molar-refractivity contribution in [2.75, 3.05) is 0 Å². The van der Waals surface area contributed by atoms with Crippen LogP contribution in [0.3, 0.4) is 0 Å². The lowest BCUT2D eigenvalue weighted by Gasteiger charge is -2.09. The van der Waals surface area contributed by atoms with E-state index in [0.29, 0.717) is 6.42 Å². The minimum atomic E-state index is 0.207. The maximum Gasteiger partial charge on any atom is 0.162 e. The summed E-state index contributed by atoms with van der Waals surface area (Å²) >= 11 is 0. The highest BCUT2D eigenvalue weighted by molar-refractivity contribution is 5.98. The molecule has 0 aromatic heterocycles. The molecule has 1 heteroatoms. The van der Waals surface area contributed by atoms with Gasteiger partial charge in [-0.2, -0.15) is 0 Å². The van der Waals surface area contributed by atoms with Gasteiger partial charge in [0.25, 0.3) is 0 Å². The van der Waals surface area contributed by atoms with Gasteiger partial charge in [0.1, 0.15) is 0 Å². The van der Waals surface area contributed by atoms with Crippen molar-refractivity contribution in [3.05, 3.63) is 75.4 Å². The van der Waals surface area contributed by atoms with E-state index in [4.69, 9.17) is 0 Å². The fourth-order valence-electron chi connectivity index (χ4n) is 3.20. The normalized spacial score (nSPS) is 19.8. The number of hydrogen-bond donors (Lipinski definition) is 0. The van der Waals surface area contributed by atoms with E-state index in [-0.39, 0.29) is 5.78 Å². The molecule has 0 radical (unpaired) electrons. The van der Waals surface area contributed by atoms with Crippen molar-refractivity contribution < 1.29 is 4.79 Å². The van der Waals surface area contributed by atoms with Crippen LogP contribution in [0.5, 0.6) is 0 Å². The Labute approximate surface area is 146 Å². The van der Waals surface area contributed by atoms with Gasteiger partial charge in [0.2, 0.25) is 0 Å². The number of benzene rings is 1.